The van der Waals surface area contributed by atoms with Crippen molar-refractivity contribution in [1.29, 1.82) is 0 Å². The van der Waals surface area contributed by atoms with Gasteiger partial charge in [-0.3, -0.25) is 0 Å². The summed E-state index contributed by atoms with van der Waals surface area (Å²) in [6.07, 6.45) is 5.54. The third kappa shape index (κ3) is 1.28. The average Bonchev–Trinajstić information content (AvgIpc) is 2.88. The highest BCUT2D eigenvalue weighted by Gasteiger charge is 2.64. The zero-order chi connectivity index (χ0) is 15.1. The Labute approximate surface area is 130 Å². The number of ether oxygens (including phenoxy) is 2. The van der Waals surface area contributed by atoms with E-state index in [0.29, 0.717) is 12.0 Å². The van der Waals surface area contributed by atoms with Gasteiger partial charge in [-0.2, -0.15) is 0 Å². The van der Waals surface area contributed by atoms with Gasteiger partial charge in [0.15, 0.2) is 11.5 Å². The number of benzene rings is 1. The lowest BCUT2D eigenvalue weighted by Gasteiger charge is -2.56. The summed E-state index contributed by atoms with van der Waals surface area (Å²) < 4.78 is 11.8. The zero-order valence-corrected chi connectivity index (χ0v) is 13.0. The standard InChI is InChI=1S/C18H21NO3/c1-19-8-7-18-11-4-5-13(20)17(18)22-16-14(21-2)6-3-10(15(16)18)9-12(11)19/h3-6,11-13,17,20H,7-9H2,1-2H3/t11?,12?,13-,17?,18?/m0/s1. The molecule has 1 aromatic carbocycles. The molecule has 2 heterocycles. The van der Waals surface area contributed by atoms with Gasteiger partial charge in [-0.15, -0.1) is 0 Å². The quantitative estimate of drug-likeness (QED) is 0.798. The Kier molecular flexibility index (Phi) is 2.39. The van der Waals surface area contributed by atoms with Crippen LogP contribution in [0.25, 0.3) is 0 Å². The minimum Gasteiger partial charge on any atom is -0.493 e. The Bertz CT molecular complexity index is 685. The topological polar surface area (TPSA) is 41.9 Å². The Balaban J connectivity index is 1.82. The van der Waals surface area contributed by atoms with E-state index in [1.807, 2.05) is 12.1 Å². The molecule has 4 heteroatoms. The summed E-state index contributed by atoms with van der Waals surface area (Å²) in [6.45, 7) is 1.05. The van der Waals surface area contributed by atoms with E-state index in [1.54, 1.807) is 7.11 Å². The number of hydrogen-bond donors (Lipinski definition) is 1. The fourth-order valence-electron chi connectivity index (χ4n) is 5.39. The van der Waals surface area contributed by atoms with Crippen LogP contribution in [0.1, 0.15) is 17.5 Å². The number of nitrogens with zero attached hydrogens (tertiary/aromatic N) is 1. The number of aliphatic hydroxyl groups is 1. The van der Waals surface area contributed by atoms with Crippen LogP contribution in [0.2, 0.25) is 0 Å². The van der Waals surface area contributed by atoms with Gasteiger partial charge in [0.25, 0.3) is 0 Å². The molecular weight excluding hydrogens is 278 g/mol. The largest absolute Gasteiger partial charge is 0.493 e. The first-order valence-electron chi connectivity index (χ1n) is 8.10. The molecule has 1 fully saturated rings. The smallest absolute Gasteiger partial charge is 0.165 e. The fourth-order valence-corrected chi connectivity index (χ4v) is 5.39. The first-order valence-corrected chi connectivity index (χ1v) is 8.10. The van der Waals surface area contributed by atoms with E-state index < -0.39 is 6.10 Å². The van der Waals surface area contributed by atoms with Crippen LogP contribution in [0, 0.1) is 5.92 Å². The molecule has 2 aliphatic carbocycles. The molecule has 2 aliphatic heterocycles. The van der Waals surface area contributed by atoms with Crippen LogP contribution >= 0.6 is 0 Å². The van der Waals surface area contributed by atoms with Gasteiger partial charge in [0.05, 0.1) is 7.11 Å². The third-order valence-electron chi connectivity index (χ3n) is 6.35. The molecule has 0 amide bonds. The number of piperidine rings is 1. The maximum absolute atomic E-state index is 10.6. The second-order valence-corrected chi connectivity index (χ2v) is 7.11. The minimum atomic E-state index is -0.539. The predicted octanol–water partition coefficient (Wildman–Crippen LogP) is 1.50. The van der Waals surface area contributed by atoms with Crippen LogP contribution in [-0.2, 0) is 11.8 Å². The van der Waals surface area contributed by atoms with Crippen LogP contribution in [0.4, 0.5) is 0 Å². The van der Waals surface area contributed by atoms with Gasteiger partial charge in [-0.25, -0.2) is 0 Å². The second kappa shape index (κ2) is 4.06. The van der Waals surface area contributed by atoms with Gasteiger partial charge in [0.1, 0.15) is 12.2 Å². The molecule has 4 nitrogen and oxygen atoms in total. The summed E-state index contributed by atoms with van der Waals surface area (Å²) >= 11 is 0. The molecule has 0 aromatic heterocycles. The van der Waals surface area contributed by atoms with E-state index in [-0.39, 0.29) is 11.5 Å². The maximum Gasteiger partial charge on any atom is 0.165 e. The number of hydrogen-bond acceptors (Lipinski definition) is 4. The van der Waals surface area contributed by atoms with E-state index in [9.17, 15) is 5.11 Å². The van der Waals surface area contributed by atoms with E-state index in [4.69, 9.17) is 9.47 Å². The molecule has 0 saturated carbocycles. The highest BCUT2D eigenvalue weighted by atomic mass is 16.5. The van der Waals surface area contributed by atoms with Crippen molar-refractivity contribution in [3.63, 3.8) is 0 Å². The highest BCUT2D eigenvalue weighted by Crippen LogP contribution is 2.62. The summed E-state index contributed by atoms with van der Waals surface area (Å²) in [6, 6.07) is 4.70. The molecule has 5 atom stereocenters. The summed E-state index contributed by atoms with van der Waals surface area (Å²) in [7, 11) is 3.91. The van der Waals surface area contributed by atoms with Crippen molar-refractivity contribution in [3.8, 4) is 11.5 Å². The molecule has 2 bridgehead atoms. The Morgan fingerprint density at radius 3 is 3.05 bits per heavy atom. The number of likely N-dealkylation sites (tertiary alicyclic amines) is 1. The molecular formula is C18H21NO3. The SMILES string of the molecule is COc1ccc2c3c1OC1[C@@H](O)C=CC4C(C2)N(C)CCC341. The Morgan fingerprint density at radius 2 is 2.23 bits per heavy atom. The summed E-state index contributed by atoms with van der Waals surface area (Å²) in [5, 5.41) is 10.6. The predicted molar refractivity (Wildman–Crippen MR) is 82.5 cm³/mol. The minimum absolute atomic E-state index is 0.0806. The monoisotopic (exact) mass is 299 g/mol. The van der Waals surface area contributed by atoms with Gasteiger partial charge >= 0.3 is 0 Å². The molecule has 1 N–H and O–H groups in total. The van der Waals surface area contributed by atoms with Crippen molar-refractivity contribution >= 4 is 0 Å². The number of likely N-dealkylation sites (N-methyl/N-ethyl adjacent to an activating group) is 1. The Hall–Kier alpha value is -1.52. The zero-order valence-electron chi connectivity index (χ0n) is 13.0. The van der Waals surface area contributed by atoms with Crippen LogP contribution in [0.15, 0.2) is 24.3 Å². The van der Waals surface area contributed by atoms with Gasteiger partial charge < -0.3 is 19.5 Å². The lowest BCUT2D eigenvalue weighted by molar-refractivity contribution is -0.0453. The molecule has 5 rings (SSSR count). The van der Waals surface area contributed by atoms with Crippen molar-refractivity contribution in [2.45, 2.75) is 36.5 Å². The first-order chi connectivity index (χ1) is 10.7. The van der Waals surface area contributed by atoms with Crippen LogP contribution in [-0.4, -0.2) is 49.0 Å². The van der Waals surface area contributed by atoms with Gasteiger partial charge in [0, 0.05) is 22.9 Å². The first kappa shape index (κ1) is 13.0. The second-order valence-electron chi connectivity index (χ2n) is 7.11. The summed E-state index contributed by atoms with van der Waals surface area (Å²) in [5.74, 6) is 2.09. The fraction of sp³-hybridized carbons (Fsp3) is 0.556. The van der Waals surface area contributed by atoms with E-state index in [1.165, 1.54) is 11.1 Å². The van der Waals surface area contributed by atoms with E-state index in [2.05, 4.69) is 24.1 Å². The lowest BCUT2D eigenvalue weighted by Crippen LogP contribution is -2.64. The van der Waals surface area contributed by atoms with E-state index >= 15 is 0 Å². The van der Waals surface area contributed by atoms with Crippen LogP contribution in [0.3, 0.4) is 0 Å². The van der Waals surface area contributed by atoms with Gasteiger partial charge in [0.2, 0.25) is 0 Å². The van der Waals surface area contributed by atoms with Crippen molar-refractivity contribution in [3.05, 3.63) is 35.4 Å². The van der Waals surface area contributed by atoms with Crippen molar-refractivity contribution in [1.82, 2.24) is 4.90 Å². The summed E-state index contributed by atoms with van der Waals surface area (Å²) in [5.41, 5.74) is 2.60. The molecule has 1 aromatic rings. The molecule has 4 aliphatic rings. The number of rotatable bonds is 1. The maximum atomic E-state index is 10.6. The molecule has 1 spiro atoms. The normalized spacial score (nSPS) is 41.0. The molecule has 22 heavy (non-hydrogen) atoms. The van der Waals surface area contributed by atoms with Gasteiger partial charge in [-0.1, -0.05) is 18.2 Å². The van der Waals surface area contributed by atoms with E-state index in [0.717, 1.165) is 30.9 Å². The molecule has 4 unspecified atom stereocenters. The summed E-state index contributed by atoms with van der Waals surface area (Å²) in [4.78, 5) is 2.47. The number of aliphatic hydroxyl groups excluding tert-OH is 1. The van der Waals surface area contributed by atoms with Crippen LogP contribution in [0.5, 0.6) is 11.5 Å². The average molecular weight is 299 g/mol. The van der Waals surface area contributed by atoms with Crippen molar-refractivity contribution in [2.24, 2.45) is 5.92 Å². The lowest BCUT2D eigenvalue weighted by atomic mass is 9.53. The third-order valence-corrected chi connectivity index (χ3v) is 6.35. The molecule has 1 saturated heterocycles. The van der Waals surface area contributed by atoms with Gasteiger partial charge in [-0.05, 0) is 38.1 Å². The number of methoxy groups -OCH3 is 1. The molecule has 0 radical (unpaired) electrons. The van der Waals surface area contributed by atoms with Crippen molar-refractivity contribution in [2.75, 3.05) is 20.7 Å². The Morgan fingerprint density at radius 1 is 1.36 bits per heavy atom. The van der Waals surface area contributed by atoms with Crippen LogP contribution < -0.4 is 9.47 Å². The van der Waals surface area contributed by atoms with Crippen molar-refractivity contribution < 1.29 is 14.6 Å². The molecule has 116 valence electrons. The highest BCUT2D eigenvalue weighted by molar-refractivity contribution is 5.62.